The number of amides is 1. The van der Waals surface area contributed by atoms with E-state index < -0.39 is 15.2 Å². The molecule has 2 aliphatic heterocycles. The molecule has 0 aromatic carbocycles. The average molecular weight is 306 g/mol. The van der Waals surface area contributed by atoms with E-state index in [1.54, 1.807) is 23.6 Å². The maximum atomic E-state index is 12.4. The van der Waals surface area contributed by atoms with Crippen molar-refractivity contribution in [1.82, 2.24) is 10.2 Å². The molecule has 0 aromatic heterocycles. The second-order valence-electron chi connectivity index (χ2n) is 5.13. The third-order valence-corrected chi connectivity index (χ3v) is 7.14. The molecule has 1 N–H and O–H groups in total. The fourth-order valence-corrected chi connectivity index (χ4v) is 5.60. The number of carbonyl (C=O) groups excluding carboxylic acids is 1. The highest BCUT2D eigenvalue weighted by molar-refractivity contribution is 8.01. The maximum Gasteiger partial charge on any atom is 0.224 e. The second kappa shape index (κ2) is 6.45. The van der Waals surface area contributed by atoms with Gasteiger partial charge in [0.1, 0.15) is 5.37 Å². The number of rotatable bonds is 4. The minimum atomic E-state index is -3.18. The molecule has 0 spiro atoms. The highest BCUT2D eigenvalue weighted by atomic mass is 32.2. The molecule has 2 aliphatic rings. The molecule has 0 bridgehead atoms. The van der Waals surface area contributed by atoms with Crippen molar-refractivity contribution in [2.45, 2.75) is 25.1 Å². The molecule has 2 heterocycles. The van der Waals surface area contributed by atoms with Gasteiger partial charge in [0.05, 0.1) is 0 Å². The lowest BCUT2D eigenvalue weighted by molar-refractivity contribution is -0.132. The van der Waals surface area contributed by atoms with Crippen LogP contribution in [0.1, 0.15) is 19.8 Å². The van der Waals surface area contributed by atoms with Gasteiger partial charge in [-0.25, -0.2) is 8.42 Å². The number of nitrogens with one attached hydrogen (secondary N) is 1. The van der Waals surface area contributed by atoms with Gasteiger partial charge in [0.25, 0.3) is 0 Å². The van der Waals surface area contributed by atoms with Crippen LogP contribution < -0.4 is 5.32 Å². The third-order valence-electron chi connectivity index (χ3n) is 3.85. The lowest BCUT2D eigenvalue weighted by Gasteiger charge is -2.35. The summed E-state index contributed by atoms with van der Waals surface area (Å²) in [6, 6.07) is 0. The van der Waals surface area contributed by atoms with E-state index in [1.807, 2.05) is 0 Å². The Bertz CT molecular complexity index is 419. The zero-order valence-electron chi connectivity index (χ0n) is 11.3. The van der Waals surface area contributed by atoms with E-state index in [-0.39, 0.29) is 11.7 Å². The highest BCUT2D eigenvalue weighted by Crippen LogP contribution is 2.24. The summed E-state index contributed by atoms with van der Waals surface area (Å²) in [6.07, 6.45) is 1.49. The first kappa shape index (κ1) is 15.1. The van der Waals surface area contributed by atoms with E-state index in [2.05, 4.69) is 5.32 Å². The zero-order chi connectivity index (χ0) is 13.9. The number of hydrogen-bond acceptors (Lipinski definition) is 5. The molecule has 2 unspecified atom stereocenters. The predicted molar refractivity (Wildman–Crippen MR) is 77.9 cm³/mol. The van der Waals surface area contributed by atoms with Crippen LogP contribution in [0, 0.1) is 5.92 Å². The molecule has 19 heavy (non-hydrogen) atoms. The summed E-state index contributed by atoms with van der Waals surface area (Å²) in [4.78, 5) is 14.0. The van der Waals surface area contributed by atoms with Crippen LogP contribution >= 0.6 is 11.8 Å². The molecule has 0 aromatic rings. The van der Waals surface area contributed by atoms with E-state index in [0.29, 0.717) is 24.6 Å². The van der Waals surface area contributed by atoms with Crippen molar-refractivity contribution >= 4 is 27.5 Å². The smallest absolute Gasteiger partial charge is 0.224 e. The van der Waals surface area contributed by atoms with Crippen molar-refractivity contribution in [2.75, 3.05) is 36.9 Å². The van der Waals surface area contributed by atoms with Gasteiger partial charge < -0.3 is 10.2 Å². The minimum Gasteiger partial charge on any atom is -0.324 e. The first-order valence-corrected chi connectivity index (χ1v) is 9.71. The van der Waals surface area contributed by atoms with Gasteiger partial charge in [-0.3, -0.25) is 4.79 Å². The molecule has 2 saturated heterocycles. The maximum absolute atomic E-state index is 12.4. The summed E-state index contributed by atoms with van der Waals surface area (Å²) in [7, 11) is -3.18. The lowest BCUT2D eigenvalue weighted by atomic mass is 10.0. The van der Waals surface area contributed by atoms with Gasteiger partial charge in [-0.15, -0.1) is 0 Å². The SMILES string of the molecule is CCS(=O)(=O)C1CSCCN1C(=O)CC1CCNC1. The van der Waals surface area contributed by atoms with E-state index in [0.717, 1.165) is 25.3 Å². The van der Waals surface area contributed by atoms with Crippen LogP contribution in [-0.4, -0.2) is 61.5 Å². The number of carbonyl (C=O) groups is 1. The molecular weight excluding hydrogens is 284 g/mol. The summed E-state index contributed by atoms with van der Waals surface area (Å²) in [5.74, 6) is 1.84. The van der Waals surface area contributed by atoms with Gasteiger partial charge in [-0.05, 0) is 25.4 Å². The molecule has 2 atom stereocenters. The van der Waals surface area contributed by atoms with E-state index in [4.69, 9.17) is 0 Å². The summed E-state index contributed by atoms with van der Waals surface area (Å²) in [6.45, 7) is 4.05. The Labute approximate surface area is 119 Å². The Balaban J connectivity index is 2.04. The minimum absolute atomic E-state index is 0.0102. The van der Waals surface area contributed by atoms with Crippen molar-refractivity contribution < 1.29 is 13.2 Å². The van der Waals surface area contributed by atoms with Gasteiger partial charge in [0, 0.05) is 30.2 Å². The molecule has 7 heteroatoms. The zero-order valence-corrected chi connectivity index (χ0v) is 12.9. The first-order chi connectivity index (χ1) is 9.04. The fraction of sp³-hybridized carbons (Fsp3) is 0.917. The van der Waals surface area contributed by atoms with Gasteiger partial charge in [0.2, 0.25) is 5.91 Å². The Morgan fingerprint density at radius 1 is 1.47 bits per heavy atom. The summed E-state index contributed by atoms with van der Waals surface area (Å²) < 4.78 is 24.2. The van der Waals surface area contributed by atoms with Crippen LogP contribution in [0.3, 0.4) is 0 Å². The molecule has 5 nitrogen and oxygen atoms in total. The average Bonchev–Trinajstić information content (AvgIpc) is 2.91. The molecule has 1 amide bonds. The van der Waals surface area contributed by atoms with Gasteiger partial charge in [0.15, 0.2) is 9.84 Å². The van der Waals surface area contributed by atoms with Crippen molar-refractivity contribution in [3.63, 3.8) is 0 Å². The lowest BCUT2D eigenvalue weighted by Crippen LogP contribution is -2.51. The van der Waals surface area contributed by atoms with Crippen LogP contribution in [0.5, 0.6) is 0 Å². The third kappa shape index (κ3) is 3.64. The van der Waals surface area contributed by atoms with Crippen molar-refractivity contribution in [3.05, 3.63) is 0 Å². The standard InChI is InChI=1S/C12H22N2O3S2/c1-2-19(16,17)12-9-18-6-5-14(12)11(15)7-10-3-4-13-8-10/h10,12-13H,2-9H2,1H3. The second-order valence-corrected chi connectivity index (χ2v) is 8.73. The van der Waals surface area contributed by atoms with Crippen LogP contribution in [0.4, 0.5) is 0 Å². The summed E-state index contributed by atoms with van der Waals surface area (Å²) >= 11 is 1.62. The summed E-state index contributed by atoms with van der Waals surface area (Å²) in [5, 5.41) is 2.63. The predicted octanol–water partition coefficient (Wildman–Crippen LogP) is 0.322. The quantitative estimate of drug-likeness (QED) is 0.810. The number of sulfone groups is 1. The van der Waals surface area contributed by atoms with E-state index in [9.17, 15) is 13.2 Å². The monoisotopic (exact) mass is 306 g/mol. The summed E-state index contributed by atoms with van der Waals surface area (Å²) in [5.41, 5.74) is 0. The van der Waals surface area contributed by atoms with Gasteiger partial charge in [-0.1, -0.05) is 6.92 Å². The molecule has 2 rings (SSSR count). The van der Waals surface area contributed by atoms with Crippen molar-refractivity contribution in [1.29, 1.82) is 0 Å². The first-order valence-electron chi connectivity index (χ1n) is 6.84. The molecule has 0 radical (unpaired) electrons. The molecule has 2 fully saturated rings. The Hall–Kier alpha value is -0.270. The van der Waals surface area contributed by atoms with Crippen molar-refractivity contribution in [2.24, 2.45) is 5.92 Å². The molecule has 0 saturated carbocycles. The van der Waals surface area contributed by atoms with Gasteiger partial charge in [-0.2, -0.15) is 11.8 Å². The van der Waals surface area contributed by atoms with E-state index >= 15 is 0 Å². The Kier molecular flexibility index (Phi) is 5.14. The van der Waals surface area contributed by atoms with Crippen LogP contribution in [-0.2, 0) is 14.6 Å². The van der Waals surface area contributed by atoms with Gasteiger partial charge >= 0.3 is 0 Å². The van der Waals surface area contributed by atoms with E-state index in [1.165, 1.54) is 0 Å². The Morgan fingerprint density at radius 3 is 2.89 bits per heavy atom. The topological polar surface area (TPSA) is 66.5 Å². The number of thioether (sulfide) groups is 1. The largest absolute Gasteiger partial charge is 0.324 e. The van der Waals surface area contributed by atoms with Crippen LogP contribution in [0.2, 0.25) is 0 Å². The molecule has 110 valence electrons. The number of hydrogen-bond donors (Lipinski definition) is 1. The molecule has 0 aliphatic carbocycles. The number of nitrogens with zero attached hydrogens (tertiary/aromatic N) is 1. The van der Waals surface area contributed by atoms with Crippen LogP contribution in [0.15, 0.2) is 0 Å². The highest BCUT2D eigenvalue weighted by Gasteiger charge is 2.36. The Morgan fingerprint density at radius 2 is 2.26 bits per heavy atom. The van der Waals surface area contributed by atoms with Crippen LogP contribution in [0.25, 0.3) is 0 Å². The molecular formula is C12H22N2O3S2. The fourth-order valence-electron chi connectivity index (χ4n) is 2.61. The normalized spacial score (nSPS) is 28.6. The van der Waals surface area contributed by atoms with Crippen molar-refractivity contribution in [3.8, 4) is 0 Å².